The van der Waals surface area contributed by atoms with Crippen LogP contribution in [-0.4, -0.2) is 56.5 Å². The highest BCUT2D eigenvalue weighted by atomic mass is 16.5. The fourth-order valence-electron chi connectivity index (χ4n) is 4.56. The van der Waals surface area contributed by atoms with Crippen molar-refractivity contribution in [2.24, 2.45) is 5.92 Å². The van der Waals surface area contributed by atoms with Gasteiger partial charge in [0.25, 0.3) is 0 Å². The molecule has 0 bridgehead atoms. The summed E-state index contributed by atoms with van der Waals surface area (Å²) in [6.07, 6.45) is 5.52. The van der Waals surface area contributed by atoms with Gasteiger partial charge in [0, 0.05) is 25.1 Å². The number of carboxylic acids is 1. The average Bonchev–Trinajstić information content (AvgIpc) is 3.02. The van der Waals surface area contributed by atoms with Gasteiger partial charge < -0.3 is 14.7 Å². The number of likely N-dealkylation sites (tertiary alicyclic amines) is 1. The molecule has 3 aliphatic rings. The van der Waals surface area contributed by atoms with Gasteiger partial charge in [-0.15, -0.1) is 0 Å². The number of carbonyl (C=O) groups is 2. The van der Waals surface area contributed by atoms with Crippen molar-refractivity contribution in [1.82, 2.24) is 14.7 Å². The Hall–Kier alpha value is -2.67. The fraction of sp³-hybridized carbons (Fsp3) is 0.450. The number of hydrogen-bond donors (Lipinski definition) is 1. The van der Waals surface area contributed by atoms with Crippen LogP contribution >= 0.6 is 0 Å². The Morgan fingerprint density at radius 1 is 1.19 bits per heavy atom. The zero-order chi connectivity index (χ0) is 18.5. The lowest BCUT2D eigenvalue weighted by Gasteiger charge is -2.27. The lowest BCUT2D eigenvalue weighted by molar-refractivity contribution is -0.150. The summed E-state index contributed by atoms with van der Waals surface area (Å²) in [6.45, 7) is 0.601. The Bertz CT molecular complexity index is 880. The summed E-state index contributed by atoms with van der Waals surface area (Å²) in [5.74, 6) is -1.02. The summed E-state index contributed by atoms with van der Waals surface area (Å²) >= 11 is 0. The Kier molecular flexibility index (Phi) is 3.79. The third-order valence-electron chi connectivity index (χ3n) is 6.02. The molecule has 27 heavy (non-hydrogen) atoms. The predicted octanol–water partition coefficient (Wildman–Crippen LogP) is 1.82. The van der Waals surface area contributed by atoms with Crippen molar-refractivity contribution < 1.29 is 19.4 Å². The molecule has 2 aromatic rings. The number of amides is 1. The van der Waals surface area contributed by atoms with Gasteiger partial charge in [-0.1, -0.05) is 18.2 Å². The molecule has 1 saturated carbocycles. The molecule has 7 nitrogen and oxygen atoms in total. The molecule has 5 atom stereocenters. The van der Waals surface area contributed by atoms with Crippen LogP contribution in [0.25, 0.3) is 5.69 Å². The van der Waals surface area contributed by atoms with Crippen LogP contribution in [-0.2, 0) is 14.3 Å². The van der Waals surface area contributed by atoms with Crippen LogP contribution in [0.15, 0.2) is 42.7 Å². The zero-order valence-corrected chi connectivity index (χ0v) is 14.8. The van der Waals surface area contributed by atoms with E-state index in [1.807, 2.05) is 47.4 Å². The summed E-state index contributed by atoms with van der Waals surface area (Å²) in [4.78, 5) is 26.3. The van der Waals surface area contributed by atoms with E-state index < -0.39 is 12.0 Å². The molecular weight excluding hydrogens is 346 g/mol. The quantitative estimate of drug-likeness (QED) is 0.891. The monoisotopic (exact) mass is 367 g/mol. The van der Waals surface area contributed by atoms with Crippen molar-refractivity contribution in [2.45, 2.75) is 43.4 Å². The van der Waals surface area contributed by atoms with Crippen LogP contribution in [0.5, 0.6) is 0 Å². The molecular formula is C20H21N3O4. The fourth-order valence-corrected chi connectivity index (χ4v) is 4.56. The second-order valence-electron chi connectivity index (χ2n) is 7.60. The first kappa shape index (κ1) is 16.5. The van der Waals surface area contributed by atoms with E-state index in [1.165, 1.54) is 0 Å². The Morgan fingerprint density at radius 3 is 2.78 bits per heavy atom. The third kappa shape index (κ3) is 2.73. The first-order chi connectivity index (χ1) is 13.1. The normalized spacial score (nSPS) is 31.7. The molecule has 1 amide bonds. The van der Waals surface area contributed by atoms with E-state index in [9.17, 15) is 14.7 Å². The number of ether oxygens (including phenoxy) is 1. The standard InChI is InChI=1S/C20H21N3O4/c24-19(23-16-6-7-27-18(16)9-17(23)20(25)26)15-8-14(15)12-10-21-22(11-12)13-4-2-1-3-5-13/h1-5,10-11,14-18H,6-9H2,(H,25,26)/t14-,15+,16-,17-,18-/m0/s1. The van der Waals surface area contributed by atoms with Gasteiger partial charge in [-0.3, -0.25) is 4.79 Å². The van der Waals surface area contributed by atoms with Gasteiger partial charge in [-0.25, -0.2) is 9.48 Å². The molecule has 3 fully saturated rings. The number of nitrogens with zero attached hydrogens (tertiary/aromatic N) is 3. The van der Waals surface area contributed by atoms with E-state index in [4.69, 9.17) is 4.74 Å². The van der Waals surface area contributed by atoms with Crippen LogP contribution in [0, 0.1) is 5.92 Å². The molecule has 1 aromatic heterocycles. The summed E-state index contributed by atoms with van der Waals surface area (Å²) in [7, 11) is 0. The van der Waals surface area contributed by atoms with Crippen molar-refractivity contribution in [3.63, 3.8) is 0 Å². The number of fused-ring (bicyclic) bond motifs is 1. The van der Waals surface area contributed by atoms with E-state index in [1.54, 1.807) is 4.90 Å². The molecule has 0 unspecified atom stereocenters. The molecule has 1 aliphatic carbocycles. The number of rotatable bonds is 4. The second kappa shape index (κ2) is 6.20. The summed E-state index contributed by atoms with van der Waals surface area (Å²) < 4.78 is 7.44. The summed E-state index contributed by atoms with van der Waals surface area (Å²) in [5.41, 5.74) is 2.01. The number of carbonyl (C=O) groups excluding carboxylic acids is 1. The number of carboxylic acid groups (broad SMARTS) is 1. The highest BCUT2D eigenvalue weighted by Gasteiger charge is 2.55. The van der Waals surface area contributed by atoms with Gasteiger partial charge in [0.1, 0.15) is 6.04 Å². The number of aromatic nitrogens is 2. The maximum Gasteiger partial charge on any atom is 0.326 e. The zero-order valence-electron chi connectivity index (χ0n) is 14.8. The van der Waals surface area contributed by atoms with Crippen molar-refractivity contribution >= 4 is 11.9 Å². The number of para-hydroxylation sites is 1. The average molecular weight is 367 g/mol. The van der Waals surface area contributed by atoms with Gasteiger partial charge in [0.05, 0.1) is 24.0 Å². The molecule has 1 aromatic carbocycles. The number of aliphatic carboxylic acids is 1. The van der Waals surface area contributed by atoms with Crippen molar-refractivity contribution in [2.75, 3.05) is 6.61 Å². The van der Waals surface area contributed by atoms with Crippen LogP contribution < -0.4 is 0 Å². The second-order valence-corrected chi connectivity index (χ2v) is 7.60. The summed E-state index contributed by atoms with van der Waals surface area (Å²) in [5, 5.41) is 14.0. The molecule has 2 saturated heterocycles. The predicted molar refractivity (Wildman–Crippen MR) is 95.4 cm³/mol. The van der Waals surface area contributed by atoms with Gasteiger partial charge >= 0.3 is 5.97 Å². The Labute approximate surface area is 156 Å². The van der Waals surface area contributed by atoms with Crippen LogP contribution in [0.3, 0.4) is 0 Å². The minimum Gasteiger partial charge on any atom is -0.480 e. The van der Waals surface area contributed by atoms with E-state index >= 15 is 0 Å². The third-order valence-corrected chi connectivity index (χ3v) is 6.02. The first-order valence-electron chi connectivity index (χ1n) is 9.40. The Morgan fingerprint density at radius 2 is 2.00 bits per heavy atom. The Balaban J connectivity index is 1.33. The first-order valence-corrected chi connectivity index (χ1v) is 9.40. The van der Waals surface area contributed by atoms with E-state index in [2.05, 4.69) is 5.10 Å². The van der Waals surface area contributed by atoms with Crippen LogP contribution in [0.1, 0.15) is 30.7 Å². The van der Waals surface area contributed by atoms with Gasteiger partial charge in [-0.05, 0) is 36.5 Å². The van der Waals surface area contributed by atoms with E-state index in [-0.39, 0.29) is 29.9 Å². The molecule has 7 heteroatoms. The SMILES string of the molecule is O=C(O)[C@@H]1C[C@@H]2OCC[C@@H]2N1C(=O)[C@@H]1C[C@H]1c1cnn(-c2ccccc2)c1. The molecule has 2 aliphatic heterocycles. The van der Waals surface area contributed by atoms with Crippen molar-refractivity contribution in [1.29, 1.82) is 0 Å². The highest BCUT2D eigenvalue weighted by molar-refractivity contribution is 5.88. The molecule has 1 N–H and O–H groups in total. The van der Waals surface area contributed by atoms with E-state index in [0.29, 0.717) is 13.0 Å². The van der Waals surface area contributed by atoms with Crippen LogP contribution in [0.4, 0.5) is 0 Å². The lowest BCUT2D eigenvalue weighted by Crippen LogP contribution is -2.46. The van der Waals surface area contributed by atoms with E-state index in [0.717, 1.165) is 24.1 Å². The molecule has 0 spiro atoms. The highest BCUT2D eigenvalue weighted by Crippen LogP contribution is 2.50. The maximum absolute atomic E-state index is 13.1. The lowest BCUT2D eigenvalue weighted by atomic mass is 10.1. The topological polar surface area (TPSA) is 84.7 Å². The van der Waals surface area contributed by atoms with Crippen LogP contribution in [0.2, 0.25) is 0 Å². The summed E-state index contributed by atoms with van der Waals surface area (Å²) in [6, 6.07) is 8.98. The molecule has 3 heterocycles. The van der Waals surface area contributed by atoms with Crippen molar-refractivity contribution in [3.05, 3.63) is 48.3 Å². The molecule has 140 valence electrons. The smallest absolute Gasteiger partial charge is 0.326 e. The minimum atomic E-state index is -0.935. The van der Waals surface area contributed by atoms with Gasteiger partial charge in [0.15, 0.2) is 0 Å². The largest absolute Gasteiger partial charge is 0.480 e. The van der Waals surface area contributed by atoms with Gasteiger partial charge in [0.2, 0.25) is 5.91 Å². The maximum atomic E-state index is 13.1. The number of hydrogen-bond acceptors (Lipinski definition) is 4. The van der Waals surface area contributed by atoms with Gasteiger partial charge in [-0.2, -0.15) is 5.10 Å². The number of benzene rings is 1. The minimum absolute atomic E-state index is 0.0436. The molecule has 5 rings (SSSR count). The molecule has 0 radical (unpaired) electrons. The van der Waals surface area contributed by atoms with Crippen molar-refractivity contribution in [3.8, 4) is 5.69 Å².